The Hall–Kier alpha value is -1.84. The van der Waals surface area contributed by atoms with E-state index >= 15 is 0 Å². The highest BCUT2D eigenvalue weighted by Crippen LogP contribution is 2.19. The van der Waals surface area contributed by atoms with Gasteiger partial charge in [0.1, 0.15) is 5.01 Å². The van der Waals surface area contributed by atoms with Gasteiger partial charge in [0.2, 0.25) is 0 Å². The number of hydrogen-bond donors (Lipinski definition) is 3. The zero-order valence-electron chi connectivity index (χ0n) is 10.3. The summed E-state index contributed by atoms with van der Waals surface area (Å²) in [5.41, 5.74) is -0.142. The van der Waals surface area contributed by atoms with Crippen LogP contribution in [0.5, 0.6) is 0 Å². The second-order valence-corrected chi connectivity index (χ2v) is 4.75. The fourth-order valence-electron chi connectivity index (χ4n) is 1.21. The summed E-state index contributed by atoms with van der Waals surface area (Å²) in [6, 6.07) is -1.37. The van der Waals surface area contributed by atoms with Crippen molar-refractivity contribution >= 4 is 23.3 Å². The summed E-state index contributed by atoms with van der Waals surface area (Å²) in [4.78, 5) is 25.7. The monoisotopic (exact) mass is 311 g/mol. The van der Waals surface area contributed by atoms with Gasteiger partial charge in [0.25, 0.3) is 0 Å². The van der Waals surface area contributed by atoms with Crippen molar-refractivity contribution in [2.45, 2.75) is 25.6 Å². The molecule has 0 bridgehead atoms. The normalized spacial score (nSPS) is 12.8. The van der Waals surface area contributed by atoms with Gasteiger partial charge in [-0.25, -0.2) is 14.6 Å². The van der Waals surface area contributed by atoms with Gasteiger partial charge in [-0.1, -0.05) is 0 Å². The van der Waals surface area contributed by atoms with Gasteiger partial charge < -0.3 is 15.7 Å². The third-order valence-corrected chi connectivity index (χ3v) is 3.18. The van der Waals surface area contributed by atoms with Gasteiger partial charge in [-0.3, -0.25) is 0 Å². The molecule has 20 heavy (non-hydrogen) atoms. The van der Waals surface area contributed by atoms with E-state index in [-0.39, 0.29) is 5.69 Å². The molecule has 1 rings (SSSR count). The summed E-state index contributed by atoms with van der Waals surface area (Å²) in [6.45, 7) is 1.02. The summed E-state index contributed by atoms with van der Waals surface area (Å²) in [5.74, 6) is -1.19. The average molecular weight is 311 g/mol. The van der Waals surface area contributed by atoms with E-state index in [1.165, 1.54) is 5.38 Å². The summed E-state index contributed by atoms with van der Waals surface area (Å²) in [6.07, 6.45) is -5.44. The topological polar surface area (TPSA) is 91.3 Å². The predicted octanol–water partition coefficient (Wildman–Crippen LogP) is 2.15. The van der Waals surface area contributed by atoms with Crippen LogP contribution < -0.4 is 10.6 Å². The minimum Gasteiger partial charge on any atom is -0.476 e. The number of carboxylic acids is 1. The number of aromatic nitrogens is 1. The van der Waals surface area contributed by atoms with E-state index in [1.54, 1.807) is 6.92 Å². The second kappa shape index (κ2) is 6.55. The molecule has 6 nitrogen and oxygen atoms in total. The zero-order chi connectivity index (χ0) is 15.3. The van der Waals surface area contributed by atoms with E-state index < -0.39 is 37.2 Å². The maximum atomic E-state index is 11.9. The van der Waals surface area contributed by atoms with Crippen LogP contribution in [-0.2, 0) is 0 Å². The first-order valence-corrected chi connectivity index (χ1v) is 6.37. The number of rotatable bonds is 5. The van der Waals surface area contributed by atoms with Gasteiger partial charge in [0.15, 0.2) is 5.69 Å². The van der Waals surface area contributed by atoms with Crippen LogP contribution in [0.25, 0.3) is 0 Å². The number of carboxylic acid groups (broad SMARTS) is 1. The number of hydrogen-bond acceptors (Lipinski definition) is 4. The molecule has 10 heteroatoms. The summed E-state index contributed by atoms with van der Waals surface area (Å²) < 4.78 is 35.6. The molecule has 0 radical (unpaired) electrons. The van der Waals surface area contributed by atoms with E-state index in [1.807, 2.05) is 0 Å². The van der Waals surface area contributed by atoms with Crippen LogP contribution in [0.1, 0.15) is 34.9 Å². The highest BCUT2D eigenvalue weighted by molar-refractivity contribution is 7.09. The lowest BCUT2D eigenvalue weighted by Gasteiger charge is -2.13. The number of nitrogens with zero attached hydrogens (tertiary/aromatic N) is 1. The minimum absolute atomic E-state index is 0.142. The zero-order valence-corrected chi connectivity index (χ0v) is 11.1. The molecule has 0 fully saturated rings. The lowest BCUT2D eigenvalue weighted by molar-refractivity contribution is -0.132. The van der Waals surface area contributed by atoms with Crippen molar-refractivity contribution in [2.75, 3.05) is 6.54 Å². The fraction of sp³-hybridized carbons (Fsp3) is 0.500. The van der Waals surface area contributed by atoms with Gasteiger partial charge in [-0.15, -0.1) is 11.3 Å². The van der Waals surface area contributed by atoms with Crippen molar-refractivity contribution in [3.05, 3.63) is 16.1 Å². The number of thiazole rings is 1. The number of halogens is 3. The Morgan fingerprint density at radius 2 is 2.15 bits per heavy atom. The molecule has 1 aromatic heterocycles. The first-order valence-electron chi connectivity index (χ1n) is 5.49. The molecule has 0 saturated carbocycles. The molecule has 112 valence electrons. The number of nitrogens with one attached hydrogen (secondary N) is 2. The molecule has 2 amide bonds. The van der Waals surface area contributed by atoms with E-state index in [0.29, 0.717) is 5.01 Å². The maximum absolute atomic E-state index is 11.9. The molecule has 1 heterocycles. The van der Waals surface area contributed by atoms with Gasteiger partial charge in [-0.2, -0.15) is 13.2 Å². The Bertz CT molecular complexity index is 490. The van der Waals surface area contributed by atoms with Crippen molar-refractivity contribution in [1.82, 2.24) is 15.6 Å². The van der Waals surface area contributed by atoms with Crippen LogP contribution in [0.3, 0.4) is 0 Å². The van der Waals surface area contributed by atoms with E-state index in [0.717, 1.165) is 11.3 Å². The number of urea groups is 1. The molecule has 1 aromatic rings. The average Bonchev–Trinajstić information content (AvgIpc) is 2.76. The van der Waals surface area contributed by atoms with Gasteiger partial charge in [0, 0.05) is 11.9 Å². The molecule has 0 aliphatic carbocycles. The van der Waals surface area contributed by atoms with Crippen molar-refractivity contribution in [2.24, 2.45) is 0 Å². The fourth-order valence-corrected chi connectivity index (χ4v) is 2.01. The van der Waals surface area contributed by atoms with Gasteiger partial charge in [-0.05, 0) is 6.92 Å². The highest BCUT2D eigenvalue weighted by Gasteiger charge is 2.26. The van der Waals surface area contributed by atoms with Crippen LogP contribution in [0.4, 0.5) is 18.0 Å². The summed E-state index contributed by atoms with van der Waals surface area (Å²) in [7, 11) is 0. The first-order chi connectivity index (χ1) is 9.19. The standard InChI is InChI=1S/C10H12F3N3O3S/c1-5(7-16-6(4-20-7)8(17)18)15-9(19)14-3-2-10(11,12)13/h4-5H,2-3H2,1H3,(H,17,18)(H2,14,15,19). The SMILES string of the molecule is CC(NC(=O)NCCC(F)(F)F)c1nc(C(=O)O)cs1. The van der Waals surface area contributed by atoms with E-state index in [2.05, 4.69) is 15.6 Å². The Morgan fingerprint density at radius 1 is 1.50 bits per heavy atom. The van der Waals surface area contributed by atoms with Crippen molar-refractivity contribution in [3.8, 4) is 0 Å². The smallest absolute Gasteiger partial charge is 0.390 e. The van der Waals surface area contributed by atoms with Crippen molar-refractivity contribution < 1.29 is 27.9 Å². The quantitative estimate of drug-likeness (QED) is 0.777. The third-order valence-electron chi connectivity index (χ3n) is 2.15. The molecule has 3 N–H and O–H groups in total. The van der Waals surface area contributed by atoms with E-state index in [4.69, 9.17) is 5.11 Å². The molecular formula is C10H12F3N3O3S. The highest BCUT2D eigenvalue weighted by atomic mass is 32.1. The Labute approximate surface area is 116 Å². The van der Waals surface area contributed by atoms with Crippen LogP contribution in [0.15, 0.2) is 5.38 Å². The third kappa shape index (κ3) is 5.43. The lowest BCUT2D eigenvalue weighted by atomic mass is 10.3. The van der Waals surface area contributed by atoms with E-state index in [9.17, 15) is 22.8 Å². The second-order valence-electron chi connectivity index (χ2n) is 3.86. The number of carbonyl (C=O) groups is 2. The Kier molecular flexibility index (Phi) is 5.31. The van der Waals surface area contributed by atoms with Gasteiger partial charge >= 0.3 is 18.2 Å². The molecule has 0 aliphatic heterocycles. The number of aromatic carboxylic acids is 1. The summed E-state index contributed by atoms with van der Waals surface area (Å²) >= 11 is 1.04. The minimum atomic E-state index is -4.33. The van der Waals surface area contributed by atoms with Crippen LogP contribution in [0.2, 0.25) is 0 Å². The summed E-state index contributed by atoms with van der Waals surface area (Å²) in [5, 5.41) is 14.8. The van der Waals surface area contributed by atoms with Crippen molar-refractivity contribution in [3.63, 3.8) is 0 Å². The van der Waals surface area contributed by atoms with Gasteiger partial charge in [0.05, 0.1) is 12.5 Å². The Morgan fingerprint density at radius 3 is 2.65 bits per heavy atom. The molecule has 1 atom stereocenters. The predicted molar refractivity (Wildman–Crippen MR) is 64.7 cm³/mol. The molecular weight excluding hydrogens is 299 g/mol. The molecule has 0 spiro atoms. The number of amides is 2. The lowest BCUT2D eigenvalue weighted by Crippen LogP contribution is -2.38. The maximum Gasteiger partial charge on any atom is 0.390 e. The first kappa shape index (κ1) is 16.2. The Balaban J connectivity index is 2.42. The van der Waals surface area contributed by atoms with Crippen LogP contribution >= 0.6 is 11.3 Å². The molecule has 1 unspecified atom stereocenters. The van der Waals surface area contributed by atoms with Crippen LogP contribution in [0, 0.1) is 0 Å². The van der Waals surface area contributed by atoms with Crippen molar-refractivity contribution in [1.29, 1.82) is 0 Å². The number of alkyl halides is 3. The largest absolute Gasteiger partial charge is 0.476 e. The van der Waals surface area contributed by atoms with Crippen LogP contribution in [-0.4, -0.2) is 34.8 Å². The molecule has 0 saturated heterocycles. The number of carbonyl (C=O) groups excluding carboxylic acids is 1. The molecule has 0 aromatic carbocycles. The molecule has 0 aliphatic rings.